The van der Waals surface area contributed by atoms with E-state index in [0.29, 0.717) is 6.54 Å². The molecule has 0 aromatic heterocycles. The van der Waals surface area contributed by atoms with E-state index < -0.39 is 23.7 Å². The Morgan fingerprint density at radius 1 is 1.29 bits per heavy atom. The number of amides is 1. The van der Waals surface area contributed by atoms with Gasteiger partial charge in [-0.05, 0) is 38.5 Å². The first kappa shape index (κ1) is 15.8. The number of carbonyl (C=O) groups excluding carboxylic acids is 1. The van der Waals surface area contributed by atoms with Crippen molar-refractivity contribution < 1.29 is 19.4 Å². The zero-order chi connectivity index (χ0) is 15.8. The molecule has 2 rings (SSSR count). The third kappa shape index (κ3) is 3.56. The Hall–Kier alpha value is -1.56. The third-order valence-electron chi connectivity index (χ3n) is 3.29. The monoisotopic (exact) mass is 355 g/mol. The summed E-state index contributed by atoms with van der Waals surface area (Å²) in [6, 6.07) is 6.60. The average molecular weight is 356 g/mol. The molecule has 1 saturated heterocycles. The van der Waals surface area contributed by atoms with E-state index in [4.69, 9.17) is 4.74 Å². The van der Waals surface area contributed by atoms with E-state index in [9.17, 15) is 14.7 Å². The summed E-state index contributed by atoms with van der Waals surface area (Å²) in [6.45, 7) is 5.62. The van der Waals surface area contributed by atoms with Gasteiger partial charge in [0.05, 0.1) is 0 Å². The van der Waals surface area contributed by atoms with Crippen LogP contribution in [0.25, 0.3) is 0 Å². The second-order valence-electron chi connectivity index (χ2n) is 6.07. The van der Waals surface area contributed by atoms with Crippen LogP contribution in [0.1, 0.15) is 32.3 Å². The van der Waals surface area contributed by atoms with Crippen molar-refractivity contribution >= 4 is 28.0 Å². The number of aliphatic carboxylic acids is 1. The summed E-state index contributed by atoms with van der Waals surface area (Å²) in [5.41, 5.74) is 0.272. The number of rotatable bonds is 2. The molecule has 0 unspecified atom stereocenters. The van der Waals surface area contributed by atoms with Crippen LogP contribution < -0.4 is 0 Å². The number of benzene rings is 1. The smallest absolute Gasteiger partial charge is 0.411 e. The summed E-state index contributed by atoms with van der Waals surface area (Å²) < 4.78 is 6.17. The highest BCUT2D eigenvalue weighted by Crippen LogP contribution is 2.36. The number of carbonyl (C=O) groups is 2. The molecule has 1 fully saturated rings. The van der Waals surface area contributed by atoms with Crippen LogP contribution in [-0.2, 0) is 9.53 Å². The molecule has 114 valence electrons. The zero-order valence-electron chi connectivity index (χ0n) is 12.2. The van der Waals surface area contributed by atoms with Gasteiger partial charge in [-0.25, -0.2) is 9.59 Å². The van der Waals surface area contributed by atoms with Gasteiger partial charge in [0.2, 0.25) is 0 Å². The molecule has 1 aromatic carbocycles. The van der Waals surface area contributed by atoms with Gasteiger partial charge in [-0.1, -0.05) is 28.1 Å². The maximum absolute atomic E-state index is 12.0. The van der Waals surface area contributed by atoms with Gasteiger partial charge in [-0.2, -0.15) is 0 Å². The Morgan fingerprint density at radius 2 is 1.86 bits per heavy atom. The predicted octanol–water partition coefficient (Wildman–Crippen LogP) is 3.24. The topological polar surface area (TPSA) is 66.8 Å². The predicted molar refractivity (Wildman–Crippen MR) is 81.2 cm³/mol. The molecule has 0 aliphatic carbocycles. The molecule has 0 radical (unpaired) electrons. The lowest BCUT2D eigenvalue weighted by Gasteiger charge is -2.45. The lowest BCUT2D eigenvalue weighted by Crippen LogP contribution is -2.61. The standard InChI is InChI=1S/C15H18BrNO4/c1-15(2,3)21-14(20)17-8-11(12(17)13(18)19)9-4-6-10(16)7-5-9/h4-7,11-12H,8H2,1-3H3,(H,18,19)/t11-,12-/m0/s1. The Morgan fingerprint density at radius 3 is 2.33 bits per heavy atom. The first-order valence-electron chi connectivity index (χ1n) is 6.67. The first-order chi connectivity index (χ1) is 9.69. The van der Waals surface area contributed by atoms with Crippen LogP contribution in [0.15, 0.2) is 28.7 Å². The highest BCUT2D eigenvalue weighted by Gasteiger charge is 2.48. The Balaban J connectivity index is 2.13. The number of nitrogens with zero attached hydrogens (tertiary/aromatic N) is 1. The molecule has 1 heterocycles. The molecule has 5 nitrogen and oxygen atoms in total. The number of carboxylic acids is 1. The van der Waals surface area contributed by atoms with Crippen molar-refractivity contribution in [3.63, 3.8) is 0 Å². The summed E-state index contributed by atoms with van der Waals surface area (Å²) >= 11 is 3.35. The molecule has 1 amide bonds. The highest BCUT2D eigenvalue weighted by molar-refractivity contribution is 9.10. The van der Waals surface area contributed by atoms with Gasteiger partial charge in [0.15, 0.2) is 0 Å². The fourth-order valence-corrected chi connectivity index (χ4v) is 2.58. The summed E-state index contributed by atoms with van der Waals surface area (Å²) in [5, 5.41) is 9.38. The SMILES string of the molecule is CC(C)(C)OC(=O)N1C[C@@H](c2ccc(Br)cc2)[C@H]1C(=O)O. The summed E-state index contributed by atoms with van der Waals surface area (Å²) in [4.78, 5) is 24.7. The minimum Gasteiger partial charge on any atom is -0.480 e. The fraction of sp³-hybridized carbons (Fsp3) is 0.467. The van der Waals surface area contributed by atoms with Gasteiger partial charge >= 0.3 is 12.1 Å². The molecule has 1 N–H and O–H groups in total. The van der Waals surface area contributed by atoms with Crippen molar-refractivity contribution in [2.24, 2.45) is 0 Å². The molecule has 1 aromatic rings. The maximum Gasteiger partial charge on any atom is 0.411 e. The van der Waals surface area contributed by atoms with E-state index in [1.807, 2.05) is 24.3 Å². The summed E-state index contributed by atoms with van der Waals surface area (Å²) in [6.07, 6.45) is -0.580. The number of ether oxygens (including phenoxy) is 1. The lowest BCUT2D eigenvalue weighted by atomic mass is 9.83. The minimum absolute atomic E-state index is 0.205. The quantitative estimate of drug-likeness (QED) is 0.884. The van der Waals surface area contributed by atoms with Crippen molar-refractivity contribution in [2.45, 2.75) is 38.3 Å². The van der Waals surface area contributed by atoms with Crippen molar-refractivity contribution in [1.29, 1.82) is 0 Å². The van der Waals surface area contributed by atoms with Gasteiger partial charge in [0, 0.05) is 16.9 Å². The Kier molecular flexibility index (Phi) is 4.27. The van der Waals surface area contributed by atoms with Crippen LogP contribution in [0.4, 0.5) is 4.79 Å². The van der Waals surface area contributed by atoms with E-state index in [0.717, 1.165) is 10.0 Å². The number of carboxylic acid groups (broad SMARTS) is 1. The second-order valence-corrected chi connectivity index (χ2v) is 6.99. The average Bonchev–Trinajstić information content (AvgIpc) is 2.27. The van der Waals surface area contributed by atoms with Crippen molar-refractivity contribution in [3.05, 3.63) is 34.3 Å². The summed E-state index contributed by atoms with van der Waals surface area (Å²) in [5.74, 6) is -1.22. The third-order valence-corrected chi connectivity index (χ3v) is 3.82. The normalized spacial score (nSPS) is 21.6. The molecule has 0 spiro atoms. The molecule has 6 heteroatoms. The largest absolute Gasteiger partial charge is 0.480 e. The van der Waals surface area contributed by atoms with Crippen LogP contribution in [0.2, 0.25) is 0 Å². The van der Waals surface area contributed by atoms with E-state index in [1.54, 1.807) is 20.8 Å². The van der Waals surface area contributed by atoms with Crippen LogP contribution in [-0.4, -0.2) is 40.3 Å². The van der Waals surface area contributed by atoms with Crippen molar-refractivity contribution in [3.8, 4) is 0 Å². The zero-order valence-corrected chi connectivity index (χ0v) is 13.8. The van der Waals surface area contributed by atoms with E-state index in [1.165, 1.54) is 4.90 Å². The molecule has 2 atom stereocenters. The number of likely N-dealkylation sites (tertiary alicyclic amines) is 1. The number of hydrogen-bond acceptors (Lipinski definition) is 3. The van der Waals surface area contributed by atoms with Gasteiger partial charge in [-0.3, -0.25) is 4.90 Å². The molecule has 0 saturated carbocycles. The van der Waals surface area contributed by atoms with Crippen LogP contribution in [0.5, 0.6) is 0 Å². The van der Waals surface area contributed by atoms with Crippen LogP contribution in [0, 0.1) is 0 Å². The van der Waals surface area contributed by atoms with Gasteiger partial charge in [0.25, 0.3) is 0 Å². The molecular weight excluding hydrogens is 338 g/mol. The Labute approximate surface area is 132 Å². The minimum atomic E-state index is -1.01. The van der Waals surface area contributed by atoms with E-state index >= 15 is 0 Å². The van der Waals surface area contributed by atoms with E-state index in [2.05, 4.69) is 15.9 Å². The highest BCUT2D eigenvalue weighted by atomic mass is 79.9. The fourth-order valence-electron chi connectivity index (χ4n) is 2.32. The van der Waals surface area contributed by atoms with E-state index in [-0.39, 0.29) is 5.92 Å². The molecule has 21 heavy (non-hydrogen) atoms. The number of halogens is 1. The van der Waals surface area contributed by atoms with Crippen LogP contribution >= 0.6 is 15.9 Å². The maximum atomic E-state index is 12.0. The van der Waals surface area contributed by atoms with Crippen LogP contribution in [0.3, 0.4) is 0 Å². The van der Waals surface area contributed by atoms with Crippen molar-refractivity contribution in [1.82, 2.24) is 4.90 Å². The molecule has 1 aliphatic rings. The Bertz CT molecular complexity index is 550. The van der Waals surface area contributed by atoms with Crippen molar-refractivity contribution in [2.75, 3.05) is 6.54 Å². The number of hydrogen-bond donors (Lipinski definition) is 1. The molecule has 0 bridgehead atoms. The molecular formula is C15H18BrNO4. The van der Waals surface area contributed by atoms with Gasteiger partial charge in [-0.15, -0.1) is 0 Å². The summed E-state index contributed by atoms with van der Waals surface area (Å²) in [7, 11) is 0. The van der Waals surface area contributed by atoms with Gasteiger partial charge < -0.3 is 9.84 Å². The molecule has 1 aliphatic heterocycles. The second kappa shape index (κ2) is 5.67. The first-order valence-corrected chi connectivity index (χ1v) is 7.46. The van der Waals surface area contributed by atoms with Gasteiger partial charge in [0.1, 0.15) is 11.6 Å². The lowest BCUT2D eigenvalue weighted by molar-refractivity contribution is -0.149.